The molecule has 4 heteroatoms. The van der Waals surface area contributed by atoms with Crippen molar-refractivity contribution in [2.24, 2.45) is 0 Å². The fraction of sp³-hybridized carbons (Fsp3) is 0.947. The van der Waals surface area contributed by atoms with Crippen molar-refractivity contribution < 1.29 is 19.5 Å². The van der Waals surface area contributed by atoms with Crippen LogP contribution in [0.3, 0.4) is 0 Å². The Balaban J connectivity index is 3.48. The zero-order valence-corrected chi connectivity index (χ0v) is 15.7. The highest BCUT2D eigenvalue weighted by atomic mass is 16.4. The first kappa shape index (κ1) is 22.4. The second-order valence-corrected chi connectivity index (χ2v) is 7.61. The van der Waals surface area contributed by atoms with Gasteiger partial charge in [0.05, 0.1) is 27.1 Å². The average molecular weight is 331 g/mol. The largest absolute Gasteiger partial charge is 0.481 e. The van der Waals surface area contributed by atoms with E-state index >= 15 is 0 Å². The minimum absolute atomic E-state index is 0.165. The predicted molar refractivity (Wildman–Crippen MR) is 96.6 cm³/mol. The lowest BCUT2D eigenvalue weighted by Crippen LogP contribution is -2.46. The number of rotatable bonds is 16. The molecule has 0 bridgehead atoms. The Kier molecular flexibility index (Phi) is 13.4. The zero-order chi connectivity index (χ0) is 17.6. The highest BCUT2D eigenvalue weighted by Gasteiger charge is 2.21. The van der Waals surface area contributed by atoms with Gasteiger partial charge in [-0.2, -0.15) is 0 Å². The highest BCUT2D eigenvalue weighted by molar-refractivity contribution is 5.66. The second kappa shape index (κ2) is 13.8. The van der Waals surface area contributed by atoms with Gasteiger partial charge in [-0.15, -0.1) is 0 Å². The third kappa shape index (κ3) is 16.0. The summed E-state index contributed by atoms with van der Waals surface area (Å²) >= 11 is 0. The molecule has 0 fully saturated rings. The molecular weight excluding hydrogens is 290 g/mol. The molecule has 0 amide bonds. The number of hydrogen-bond acceptors (Lipinski definition) is 2. The van der Waals surface area contributed by atoms with E-state index in [4.69, 9.17) is 5.11 Å². The molecular formula is C19H40NO3+. The number of quaternary nitrogens is 1. The van der Waals surface area contributed by atoms with Crippen molar-refractivity contribution in [1.29, 1.82) is 0 Å². The molecule has 0 rings (SSSR count). The number of hydrogen-bond donors (Lipinski definition) is 2. The molecule has 0 aliphatic heterocycles. The number of carboxylic acids is 1. The molecule has 0 aromatic rings. The quantitative estimate of drug-likeness (QED) is 0.329. The Morgan fingerprint density at radius 1 is 0.913 bits per heavy atom. The molecule has 0 saturated heterocycles. The fourth-order valence-electron chi connectivity index (χ4n) is 3.02. The number of carboxylic acid groups (broad SMARTS) is 1. The summed E-state index contributed by atoms with van der Waals surface area (Å²) in [5, 5.41) is 18.9. The van der Waals surface area contributed by atoms with Crippen molar-refractivity contribution in [2.75, 3.05) is 27.2 Å². The van der Waals surface area contributed by atoms with E-state index in [9.17, 15) is 9.90 Å². The van der Waals surface area contributed by atoms with Gasteiger partial charge in [-0.25, -0.2) is 0 Å². The summed E-state index contributed by atoms with van der Waals surface area (Å²) in [6.07, 6.45) is 13.8. The average Bonchev–Trinajstić information content (AvgIpc) is 2.47. The van der Waals surface area contributed by atoms with E-state index in [1.807, 2.05) is 14.1 Å². The van der Waals surface area contributed by atoms with E-state index in [0.29, 0.717) is 17.6 Å². The third-order valence-corrected chi connectivity index (χ3v) is 4.53. The summed E-state index contributed by atoms with van der Waals surface area (Å²) in [4.78, 5) is 10.6. The van der Waals surface area contributed by atoms with Gasteiger partial charge in [0.2, 0.25) is 0 Å². The van der Waals surface area contributed by atoms with E-state index in [0.717, 1.165) is 12.8 Å². The first-order valence-electron chi connectivity index (χ1n) is 9.59. The fourth-order valence-corrected chi connectivity index (χ4v) is 3.02. The summed E-state index contributed by atoms with van der Waals surface area (Å²) in [6, 6.07) is 0. The van der Waals surface area contributed by atoms with Crippen LogP contribution in [0, 0.1) is 0 Å². The van der Waals surface area contributed by atoms with Crippen LogP contribution >= 0.6 is 0 Å². The topological polar surface area (TPSA) is 57.5 Å². The predicted octanol–water partition coefficient (Wildman–Crippen LogP) is 4.21. The van der Waals surface area contributed by atoms with Crippen LogP contribution in [0.5, 0.6) is 0 Å². The van der Waals surface area contributed by atoms with E-state index in [1.165, 1.54) is 57.8 Å². The molecule has 1 unspecified atom stereocenters. The van der Waals surface area contributed by atoms with Crippen LogP contribution in [0.4, 0.5) is 0 Å². The van der Waals surface area contributed by atoms with Gasteiger partial charge in [-0.05, 0) is 6.42 Å². The Morgan fingerprint density at radius 3 is 1.87 bits per heavy atom. The summed E-state index contributed by atoms with van der Waals surface area (Å²) in [5.74, 6) is -0.764. The van der Waals surface area contributed by atoms with E-state index in [2.05, 4.69) is 6.92 Å². The van der Waals surface area contributed by atoms with Gasteiger partial charge in [0, 0.05) is 0 Å². The lowest BCUT2D eigenvalue weighted by molar-refractivity contribution is -0.892. The Labute approximate surface area is 143 Å². The van der Waals surface area contributed by atoms with Gasteiger partial charge >= 0.3 is 5.97 Å². The van der Waals surface area contributed by atoms with Crippen molar-refractivity contribution in [1.82, 2.24) is 0 Å². The van der Waals surface area contributed by atoms with Crippen molar-refractivity contribution in [3.8, 4) is 0 Å². The van der Waals surface area contributed by atoms with Crippen molar-refractivity contribution in [3.05, 3.63) is 0 Å². The summed E-state index contributed by atoms with van der Waals surface area (Å²) in [5.41, 5.74) is 0. The number of nitrogens with zero attached hydrogens (tertiary/aromatic N) is 1. The van der Waals surface area contributed by atoms with Crippen LogP contribution in [0.2, 0.25) is 0 Å². The van der Waals surface area contributed by atoms with Crippen LogP contribution in [0.15, 0.2) is 0 Å². The number of likely N-dealkylation sites (N-methyl/N-ethyl adjacent to an activating group) is 1. The minimum atomic E-state index is -0.764. The number of aliphatic hydroxyl groups excluding tert-OH is 1. The van der Waals surface area contributed by atoms with Gasteiger partial charge in [0.15, 0.2) is 0 Å². The number of unbranched alkanes of at least 4 members (excludes halogenated alkanes) is 9. The van der Waals surface area contributed by atoms with E-state index in [-0.39, 0.29) is 12.5 Å². The number of carbonyl (C=O) groups is 1. The third-order valence-electron chi connectivity index (χ3n) is 4.53. The molecule has 0 spiro atoms. The van der Waals surface area contributed by atoms with Crippen molar-refractivity contribution in [2.45, 2.75) is 90.1 Å². The maximum Gasteiger partial charge on any atom is 0.309 e. The van der Waals surface area contributed by atoms with Crippen molar-refractivity contribution >= 4 is 5.97 Å². The molecule has 2 N–H and O–H groups in total. The van der Waals surface area contributed by atoms with Gasteiger partial charge < -0.3 is 14.7 Å². The van der Waals surface area contributed by atoms with Crippen LogP contribution in [-0.4, -0.2) is 54.0 Å². The van der Waals surface area contributed by atoms with Gasteiger partial charge in [-0.3, -0.25) is 4.79 Å². The van der Waals surface area contributed by atoms with Crippen LogP contribution in [0.25, 0.3) is 0 Å². The van der Waals surface area contributed by atoms with Gasteiger partial charge in [0.1, 0.15) is 12.6 Å². The summed E-state index contributed by atoms with van der Waals surface area (Å²) < 4.78 is 0.575. The van der Waals surface area contributed by atoms with Crippen LogP contribution in [-0.2, 0) is 4.79 Å². The molecule has 0 aromatic heterocycles. The molecule has 0 aromatic carbocycles. The SMILES string of the molecule is CCCCCCCCCCCCC(O)C[N+](C)(C)CCC(=O)O. The summed E-state index contributed by atoms with van der Waals surface area (Å²) in [7, 11) is 3.98. The monoisotopic (exact) mass is 330 g/mol. The highest BCUT2D eigenvalue weighted by Crippen LogP contribution is 2.13. The van der Waals surface area contributed by atoms with E-state index in [1.54, 1.807) is 0 Å². The first-order valence-corrected chi connectivity index (χ1v) is 9.59. The normalized spacial score (nSPS) is 13.2. The summed E-state index contributed by atoms with van der Waals surface area (Å²) in [6.45, 7) is 3.47. The number of aliphatic hydroxyl groups is 1. The molecule has 0 saturated carbocycles. The van der Waals surface area contributed by atoms with Crippen LogP contribution < -0.4 is 0 Å². The molecule has 0 aliphatic carbocycles. The molecule has 138 valence electrons. The maximum atomic E-state index is 10.6. The number of aliphatic carboxylic acids is 1. The molecule has 1 atom stereocenters. The Hall–Kier alpha value is -0.610. The smallest absolute Gasteiger partial charge is 0.309 e. The van der Waals surface area contributed by atoms with Crippen molar-refractivity contribution in [3.63, 3.8) is 0 Å². The molecule has 4 nitrogen and oxygen atoms in total. The Morgan fingerprint density at radius 2 is 1.39 bits per heavy atom. The zero-order valence-electron chi connectivity index (χ0n) is 15.7. The van der Waals surface area contributed by atoms with Gasteiger partial charge in [-0.1, -0.05) is 71.1 Å². The minimum Gasteiger partial charge on any atom is -0.481 e. The van der Waals surface area contributed by atoms with Gasteiger partial charge in [0.25, 0.3) is 0 Å². The molecule has 0 heterocycles. The lowest BCUT2D eigenvalue weighted by atomic mass is 10.0. The lowest BCUT2D eigenvalue weighted by Gasteiger charge is -2.31. The molecule has 23 heavy (non-hydrogen) atoms. The van der Waals surface area contributed by atoms with E-state index < -0.39 is 5.97 Å². The first-order chi connectivity index (χ1) is 10.9. The van der Waals surface area contributed by atoms with Crippen LogP contribution in [0.1, 0.15) is 84.0 Å². The molecule has 0 aliphatic rings. The molecule has 0 radical (unpaired) electrons. The Bertz CT molecular complexity index is 292. The standard InChI is InChI=1S/C19H39NO3/c1-4-5-6-7-8-9-10-11-12-13-14-18(21)17-20(2,3)16-15-19(22)23/h18,21H,4-17H2,1-3H3/p+1. The maximum absolute atomic E-state index is 10.6. The second-order valence-electron chi connectivity index (χ2n) is 7.61.